The van der Waals surface area contributed by atoms with Crippen molar-refractivity contribution in [1.29, 1.82) is 0 Å². The number of rotatable bonds is 2. The van der Waals surface area contributed by atoms with Crippen molar-refractivity contribution >= 4 is 11.7 Å². The highest BCUT2D eigenvalue weighted by Crippen LogP contribution is 2.36. The molecule has 0 aromatic heterocycles. The molecule has 1 N–H and O–H groups in total. The zero-order valence-corrected chi connectivity index (χ0v) is 12.0. The Bertz CT molecular complexity index is 593. The molecule has 3 rings (SSSR count). The third-order valence-electron chi connectivity index (χ3n) is 4.28. The predicted molar refractivity (Wildman–Crippen MR) is 75.1 cm³/mol. The van der Waals surface area contributed by atoms with Gasteiger partial charge in [-0.3, -0.25) is 9.59 Å². The Morgan fingerprint density at radius 3 is 2.64 bits per heavy atom. The molecule has 6 heteroatoms. The maximum atomic E-state index is 13.1. The molecular formula is C16H17F2NO3. The summed E-state index contributed by atoms with van der Waals surface area (Å²) in [5, 5.41) is 2.65. The fourth-order valence-electron chi connectivity index (χ4n) is 2.93. The van der Waals surface area contributed by atoms with Crippen molar-refractivity contribution in [3.63, 3.8) is 0 Å². The Hall–Kier alpha value is -1.98. The third kappa shape index (κ3) is 2.96. The first-order valence-corrected chi connectivity index (χ1v) is 7.40. The molecule has 1 atom stereocenters. The molecular weight excluding hydrogens is 292 g/mol. The van der Waals surface area contributed by atoms with Gasteiger partial charge < -0.3 is 10.1 Å². The molecule has 1 aromatic carbocycles. The number of nitrogens with one attached hydrogen (secondary N) is 1. The number of ether oxygens (including phenoxy) is 1. The number of carbonyl (C=O) groups is 2. The summed E-state index contributed by atoms with van der Waals surface area (Å²) in [6.45, 7) is 0.0739. The highest BCUT2D eigenvalue weighted by molar-refractivity contribution is 6.05. The third-order valence-corrected chi connectivity index (χ3v) is 4.28. The van der Waals surface area contributed by atoms with Gasteiger partial charge >= 0.3 is 0 Å². The SMILES string of the molecule is O=C(NC1COc2ccccc2C1=O)C1CCC(F)(F)CC1. The van der Waals surface area contributed by atoms with E-state index in [-0.39, 0.29) is 44.0 Å². The molecule has 4 nitrogen and oxygen atoms in total. The van der Waals surface area contributed by atoms with E-state index >= 15 is 0 Å². The normalized spacial score (nSPS) is 24.3. The second kappa shape index (κ2) is 5.66. The molecule has 0 bridgehead atoms. The smallest absolute Gasteiger partial charge is 0.248 e. The quantitative estimate of drug-likeness (QED) is 0.913. The number of carbonyl (C=O) groups excluding carboxylic acids is 2. The first kappa shape index (κ1) is 14.9. The molecule has 2 aliphatic rings. The monoisotopic (exact) mass is 309 g/mol. The molecule has 0 saturated heterocycles. The molecule has 0 radical (unpaired) electrons. The summed E-state index contributed by atoms with van der Waals surface area (Å²) in [6.07, 6.45) is -0.250. The average Bonchev–Trinajstić information content (AvgIpc) is 2.50. The van der Waals surface area contributed by atoms with Crippen LogP contribution in [0.4, 0.5) is 8.78 Å². The Labute approximate surface area is 126 Å². The number of fused-ring (bicyclic) bond motifs is 1. The van der Waals surface area contributed by atoms with E-state index in [1.54, 1.807) is 24.3 Å². The first-order valence-electron chi connectivity index (χ1n) is 7.40. The molecule has 1 fully saturated rings. The van der Waals surface area contributed by atoms with Crippen LogP contribution in [-0.2, 0) is 4.79 Å². The number of Topliss-reactive ketones (excluding diaryl/α,β-unsaturated/α-hetero) is 1. The summed E-state index contributed by atoms with van der Waals surface area (Å²) in [5.41, 5.74) is 0.439. The van der Waals surface area contributed by atoms with Crippen LogP contribution in [0.3, 0.4) is 0 Å². The van der Waals surface area contributed by atoms with Crippen LogP contribution >= 0.6 is 0 Å². The Morgan fingerprint density at radius 1 is 1.23 bits per heavy atom. The lowest BCUT2D eigenvalue weighted by molar-refractivity contribution is -0.129. The lowest BCUT2D eigenvalue weighted by Crippen LogP contribution is -2.49. The van der Waals surface area contributed by atoms with Gasteiger partial charge in [0.15, 0.2) is 5.78 Å². The van der Waals surface area contributed by atoms with Crippen LogP contribution in [0.2, 0.25) is 0 Å². The minimum atomic E-state index is -2.67. The van der Waals surface area contributed by atoms with E-state index in [1.807, 2.05) is 0 Å². The van der Waals surface area contributed by atoms with Gasteiger partial charge in [0.05, 0.1) is 5.56 Å². The van der Waals surface area contributed by atoms with E-state index < -0.39 is 17.9 Å². The highest BCUT2D eigenvalue weighted by atomic mass is 19.3. The Morgan fingerprint density at radius 2 is 1.91 bits per heavy atom. The first-order chi connectivity index (χ1) is 10.5. The van der Waals surface area contributed by atoms with Crippen LogP contribution in [-0.4, -0.2) is 30.3 Å². The van der Waals surface area contributed by atoms with Gasteiger partial charge in [0.25, 0.3) is 0 Å². The van der Waals surface area contributed by atoms with Crippen molar-refractivity contribution in [2.45, 2.75) is 37.6 Å². The number of ketones is 1. The molecule has 22 heavy (non-hydrogen) atoms. The Balaban J connectivity index is 1.62. The van der Waals surface area contributed by atoms with Gasteiger partial charge in [0.1, 0.15) is 18.4 Å². The van der Waals surface area contributed by atoms with Crippen molar-refractivity contribution < 1.29 is 23.1 Å². The maximum absolute atomic E-state index is 13.1. The number of hydrogen-bond donors (Lipinski definition) is 1. The van der Waals surface area contributed by atoms with Crippen molar-refractivity contribution in [2.24, 2.45) is 5.92 Å². The van der Waals surface area contributed by atoms with E-state index in [9.17, 15) is 18.4 Å². The maximum Gasteiger partial charge on any atom is 0.248 e. The topological polar surface area (TPSA) is 55.4 Å². The Kier molecular flexibility index (Phi) is 3.85. The molecule has 1 heterocycles. The minimum Gasteiger partial charge on any atom is -0.490 e. The van der Waals surface area contributed by atoms with Gasteiger partial charge in [-0.1, -0.05) is 12.1 Å². The number of halogens is 2. The van der Waals surface area contributed by atoms with Gasteiger partial charge in [0.2, 0.25) is 11.8 Å². The van der Waals surface area contributed by atoms with E-state index in [0.717, 1.165) is 0 Å². The van der Waals surface area contributed by atoms with E-state index in [4.69, 9.17) is 4.74 Å². The lowest BCUT2D eigenvalue weighted by atomic mass is 9.86. The number of para-hydroxylation sites is 1. The van der Waals surface area contributed by atoms with Crippen molar-refractivity contribution in [1.82, 2.24) is 5.32 Å². The van der Waals surface area contributed by atoms with Crippen LogP contribution in [0, 0.1) is 5.92 Å². The zero-order valence-electron chi connectivity index (χ0n) is 12.0. The number of alkyl halides is 2. The molecule has 1 saturated carbocycles. The van der Waals surface area contributed by atoms with Crippen LogP contribution in [0.25, 0.3) is 0 Å². The number of amides is 1. The summed E-state index contributed by atoms with van der Waals surface area (Å²) >= 11 is 0. The van der Waals surface area contributed by atoms with E-state index in [2.05, 4.69) is 5.32 Å². The van der Waals surface area contributed by atoms with Gasteiger partial charge in [-0.2, -0.15) is 0 Å². The fourth-order valence-corrected chi connectivity index (χ4v) is 2.93. The largest absolute Gasteiger partial charge is 0.490 e. The predicted octanol–water partition coefficient (Wildman–Crippen LogP) is 2.57. The van der Waals surface area contributed by atoms with Crippen molar-refractivity contribution in [3.05, 3.63) is 29.8 Å². The van der Waals surface area contributed by atoms with Gasteiger partial charge in [-0.15, -0.1) is 0 Å². The summed E-state index contributed by atoms with van der Waals surface area (Å²) in [5.74, 6) is -3.15. The zero-order chi connectivity index (χ0) is 15.7. The summed E-state index contributed by atoms with van der Waals surface area (Å²) in [4.78, 5) is 24.5. The molecule has 0 spiro atoms. The fraction of sp³-hybridized carbons (Fsp3) is 0.500. The van der Waals surface area contributed by atoms with Gasteiger partial charge in [-0.05, 0) is 25.0 Å². The van der Waals surface area contributed by atoms with Crippen LogP contribution in [0.15, 0.2) is 24.3 Å². The summed E-state index contributed by atoms with van der Waals surface area (Å²) in [6, 6.07) is 6.11. The van der Waals surface area contributed by atoms with Gasteiger partial charge in [-0.25, -0.2) is 8.78 Å². The van der Waals surface area contributed by atoms with E-state index in [0.29, 0.717) is 11.3 Å². The molecule has 1 unspecified atom stereocenters. The molecule has 1 aliphatic carbocycles. The molecule has 1 amide bonds. The number of hydrogen-bond acceptors (Lipinski definition) is 3. The molecule has 118 valence electrons. The summed E-state index contributed by atoms with van der Waals surface area (Å²) < 4.78 is 31.7. The summed E-state index contributed by atoms with van der Waals surface area (Å²) in [7, 11) is 0. The van der Waals surface area contributed by atoms with Crippen LogP contribution in [0.1, 0.15) is 36.0 Å². The molecule has 1 aromatic rings. The standard InChI is InChI=1S/C16H17F2NO3/c17-16(18)7-5-10(6-8-16)15(21)19-12-9-22-13-4-2-1-3-11(13)14(12)20/h1-4,10,12H,5-9H2,(H,19,21). The molecule has 1 aliphatic heterocycles. The minimum absolute atomic E-state index is 0.0739. The van der Waals surface area contributed by atoms with Gasteiger partial charge in [0, 0.05) is 18.8 Å². The number of benzene rings is 1. The van der Waals surface area contributed by atoms with Crippen LogP contribution < -0.4 is 10.1 Å². The van der Waals surface area contributed by atoms with Crippen molar-refractivity contribution in [3.8, 4) is 5.75 Å². The second-order valence-corrected chi connectivity index (χ2v) is 5.86. The van der Waals surface area contributed by atoms with Crippen LogP contribution in [0.5, 0.6) is 5.75 Å². The second-order valence-electron chi connectivity index (χ2n) is 5.86. The lowest BCUT2D eigenvalue weighted by Gasteiger charge is -2.30. The van der Waals surface area contributed by atoms with Crippen molar-refractivity contribution in [2.75, 3.05) is 6.61 Å². The average molecular weight is 309 g/mol. The van der Waals surface area contributed by atoms with E-state index in [1.165, 1.54) is 0 Å². The highest BCUT2D eigenvalue weighted by Gasteiger charge is 2.39.